The first-order valence-electron chi connectivity index (χ1n) is 7.38. The summed E-state index contributed by atoms with van der Waals surface area (Å²) in [4.78, 5) is 18.3. The fraction of sp³-hybridized carbons (Fsp3) is 0.600. The zero-order valence-corrected chi connectivity index (χ0v) is 13.5. The second kappa shape index (κ2) is 8.02. The number of nitrogens with one attached hydrogen (secondary N) is 1. The summed E-state index contributed by atoms with van der Waals surface area (Å²) in [7, 11) is 1.80. The Hall–Kier alpha value is -1.56. The average molecular weight is 309 g/mol. The Morgan fingerprint density at radius 3 is 2.86 bits per heavy atom. The fourth-order valence-electron chi connectivity index (χ4n) is 2.49. The number of aliphatic imine (C=N–C) groups is 1. The van der Waals surface area contributed by atoms with Crippen molar-refractivity contribution in [3.05, 3.63) is 22.4 Å². The summed E-state index contributed by atoms with van der Waals surface area (Å²) in [6, 6.07) is 2.11. The van der Waals surface area contributed by atoms with Gasteiger partial charge in [0.05, 0.1) is 12.5 Å². The van der Waals surface area contributed by atoms with E-state index in [1.807, 2.05) is 6.92 Å². The van der Waals surface area contributed by atoms with Gasteiger partial charge in [-0.25, -0.2) is 0 Å². The van der Waals surface area contributed by atoms with Gasteiger partial charge in [-0.1, -0.05) is 0 Å². The Morgan fingerprint density at radius 1 is 1.52 bits per heavy atom. The zero-order chi connectivity index (χ0) is 15.1. The van der Waals surface area contributed by atoms with E-state index in [4.69, 9.17) is 4.74 Å². The zero-order valence-electron chi connectivity index (χ0n) is 12.7. The molecule has 1 fully saturated rings. The molecule has 6 heteroatoms. The number of hydrogen-bond acceptors (Lipinski definition) is 4. The van der Waals surface area contributed by atoms with E-state index in [0.29, 0.717) is 6.61 Å². The van der Waals surface area contributed by atoms with Crippen LogP contribution in [-0.2, 0) is 16.1 Å². The van der Waals surface area contributed by atoms with E-state index < -0.39 is 0 Å². The van der Waals surface area contributed by atoms with Gasteiger partial charge < -0.3 is 15.0 Å². The molecule has 0 saturated carbocycles. The van der Waals surface area contributed by atoms with Crippen LogP contribution < -0.4 is 5.32 Å². The van der Waals surface area contributed by atoms with E-state index >= 15 is 0 Å². The molecular weight excluding hydrogens is 286 g/mol. The van der Waals surface area contributed by atoms with Gasteiger partial charge in [0.15, 0.2) is 5.96 Å². The highest BCUT2D eigenvalue weighted by Gasteiger charge is 2.27. The topological polar surface area (TPSA) is 53.9 Å². The average Bonchev–Trinajstić information content (AvgIpc) is 3.02. The standard InChI is InChI=1S/C15H23N3O2S/c1-3-20-14(19)13-4-7-18(8-5-13)15(16-2)17-10-12-6-9-21-11-12/h6,9,11,13H,3-5,7-8,10H2,1-2H3,(H,16,17). The molecule has 5 nitrogen and oxygen atoms in total. The van der Waals surface area contributed by atoms with Gasteiger partial charge in [0.25, 0.3) is 0 Å². The number of ether oxygens (including phenoxy) is 1. The largest absolute Gasteiger partial charge is 0.466 e. The van der Waals surface area contributed by atoms with Crippen LogP contribution in [0, 0.1) is 5.92 Å². The number of esters is 1. The molecule has 2 heterocycles. The van der Waals surface area contributed by atoms with Crippen molar-refractivity contribution in [2.24, 2.45) is 10.9 Å². The molecule has 1 aliphatic rings. The number of guanidine groups is 1. The summed E-state index contributed by atoms with van der Waals surface area (Å²) >= 11 is 1.70. The number of carbonyl (C=O) groups is 1. The summed E-state index contributed by atoms with van der Waals surface area (Å²) in [5, 5.41) is 7.58. The molecule has 0 unspecified atom stereocenters. The molecular formula is C15H23N3O2S. The number of carbonyl (C=O) groups excluding carboxylic acids is 1. The van der Waals surface area contributed by atoms with Gasteiger partial charge >= 0.3 is 5.97 Å². The molecule has 2 rings (SSSR count). The molecule has 0 spiro atoms. The van der Waals surface area contributed by atoms with E-state index in [1.165, 1.54) is 5.56 Å². The van der Waals surface area contributed by atoms with Crippen molar-refractivity contribution in [3.8, 4) is 0 Å². The van der Waals surface area contributed by atoms with E-state index in [2.05, 4.69) is 32.0 Å². The maximum absolute atomic E-state index is 11.7. The molecule has 1 N–H and O–H groups in total. The van der Waals surface area contributed by atoms with E-state index in [1.54, 1.807) is 18.4 Å². The number of rotatable bonds is 4. The van der Waals surface area contributed by atoms with Crippen molar-refractivity contribution >= 4 is 23.3 Å². The minimum absolute atomic E-state index is 0.0381. The molecule has 0 amide bonds. The van der Waals surface area contributed by atoms with Crippen molar-refractivity contribution in [2.75, 3.05) is 26.7 Å². The summed E-state index contributed by atoms with van der Waals surface area (Å²) in [6.07, 6.45) is 1.66. The molecule has 21 heavy (non-hydrogen) atoms. The second-order valence-corrected chi connectivity index (χ2v) is 5.83. The molecule has 0 aromatic carbocycles. The molecule has 0 bridgehead atoms. The monoisotopic (exact) mass is 309 g/mol. The molecule has 1 aliphatic heterocycles. The highest BCUT2D eigenvalue weighted by Crippen LogP contribution is 2.18. The number of thiophene rings is 1. The van der Waals surface area contributed by atoms with Gasteiger partial charge in [-0.3, -0.25) is 9.79 Å². The van der Waals surface area contributed by atoms with Gasteiger partial charge in [-0.15, -0.1) is 0 Å². The van der Waals surface area contributed by atoms with Crippen LogP contribution in [0.25, 0.3) is 0 Å². The van der Waals surface area contributed by atoms with Gasteiger partial charge in [-0.05, 0) is 42.2 Å². The summed E-state index contributed by atoms with van der Waals surface area (Å²) in [6.45, 7) is 4.78. The number of likely N-dealkylation sites (tertiary alicyclic amines) is 1. The van der Waals surface area contributed by atoms with Gasteiger partial charge in [0.2, 0.25) is 0 Å². The predicted octanol–water partition coefficient (Wildman–Crippen LogP) is 2.10. The number of piperidine rings is 1. The lowest BCUT2D eigenvalue weighted by atomic mass is 9.97. The maximum Gasteiger partial charge on any atom is 0.309 e. The Balaban J connectivity index is 1.80. The third kappa shape index (κ3) is 4.46. The van der Waals surface area contributed by atoms with Crippen LogP contribution >= 0.6 is 11.3 Å². The van der Waals surface area contributed by atoms with Crippen LogP contribution in [0.4, 0.5) is 0 Å². The van der Waals surface area contributed by atoms with E-state index in [9.17, 15) is 4.79 Å². The Morgan fingerprint density at radius 2 is 2.29 bits per heavy atom. The van der Waals surface area contributed by atoms with Gasteiger partial charge in [-0.2, -0.15) is 11.3 Å². The Kier molecular flexibility index (Phi) is 6.04. The van der Waals surface area contributed by atoms with Crippen molar-refractivity contribution in [2.45, 2.75) is 26.3 Å². The van der Waals surface area contributed by atoms with Crippen LogP contribution in [0.15, 0.2) is 21.8 Å². The van der Waals surface area contributed by atoms with Crippen molar-refractivity contribution in [1.29, 1.82) is 0 Å². The van der Waals surface area contributed by atoms with Crippen molar-refractivity contribution in [3.63, 3.8) is 0 Å². The molecule has 116 valence electrons. The van der Waals surface area contributed by atoms with Crippen LogP contribution in [0.1, 0.15) is 25.3 Å². The first kappa shape index (κ1) is 15.8. The fourth-order valence-corrected chi connectivity index (χ4v) is 3.16. The van der Waals surface area contributed by atoms with Crippen LogP contribution in [-0.4, -0.2) is 43.6 Å². The number of nitrogens with zero attached hydrogens (tertiary/aromatic N) is 2. The molecule has 0 radical (unpaired) electrons. The maximum atomic E-state index is 11.7. The van der Waals surface area contributed by atoms with Gasteiger partial charge in [0, 0.05) is 26.7 Å². The summed E-state index contributed by atoms with van der Waals surface area (Å²) in [5.41, 5.74) is 1.27. The lowest BCUT2D eigenvalue weighted by molar-refractivity contribution is -0.149. The molecule has 0 aliphatic carbocycles. The van der Waals surface area contributed by atoms with Crippen molar-refractivity contribution in [1.82, 2.24) is 10.2 Å². The lowest BCUT2D eigenvalue weighted by Crippen LogP contribution is -2.46. The van der Waals surface area contributed by atoms with Crippen LogP contribution in [0.5, 0.6) is 0 Å². The minimum atomic E-state index is -0.0571. The quantitative estimate of drug-likeness (QED) is 0.526. The van der Waals surface area contributed by atoms with Crippen LogP contribution in [0.2, 0.25) is 0 Å². The lowest BCUT2D eigenvalue weighted by Gasteiger charge is -2.33. The van der Waals surface area contributed by atoms with E-state index in [-0.39, 0.29) is 11.9 Å². The Bertz CT molecular complexity index is 465. The van der Waals surface area contributed by atoms with Crippen molar-refractivity contribution < 1.29 is 9.53 Å². The molecule has 1 aromatic rings. The molecule has 1 aromatic heterocycles. The first-order valence-corrected chi connectivity index (χ1v) is 8.32. The summed E-state index contributed by atoms with van der Waals surface area (Å²) < 4.78 is 5.10. The van der Waals surface area contributed by atoms with E-state index in [0.717, 1.165) is 38.4 Å². The third-order valence-electron chi connectivity index (χ3n) is 3.66. The third-order valence-corrected chi connectivity index (χ3v) is 4.39. The highest BCUT2D eigenvalue weighted by molar-refractivity contribution is 7.07. The van der Waals surface area contributed by atoms with Gasteiger partial charge in [0.1, 0.15) is 0 Å². The molecule has 0 atom stereocenters. The van der Waals surface area contributed by atoms with Crippen LogP contribution in [0.3, 0.4) is 0 Å². The SMILES string of the molecule is CCOC(=O)C1CCN(C(=NC)NCc2ccsc2)CC1. The molecule has 1 saturated heterocycles. The minimum Gasteiger partial charge on any atom is -0.466 e. The summed E-state index contributed by atoms with van der Waals surface area (Å²) in [5.74, 6) is 0.887. The normalized spacial score (nSPS) is 16.9. The second-order valence-electron chi connectivity index (χ2n) is 5.05. The predicted molar refractivity (Wildman–Crippen MR) is 85.4 cm³/mol. The number of hydrogen-bond donors (Lipinski definition) is 1. The highest BCUT2D eigenvalue weighted by atomic mass is 32.1. The smallest absolute Gasteiger partial charge is 0.309 e. The Labute approximate surface area is 130 Å². The first-order chi connectivity index (χ1) is 10.2.